The maximum atomic E-state index is 12.5. The van der Waals surface area contributed by atoms with Gasteiger partial charge in [0, 0.05) is 37.8 Å². The molecular formula is C18H25N3O2S. The van der Waals surface area contributed by atoms with Crippen molar-refractivity contribution in [2.24, 2.45) is 5.92 Å². The number of amides is 1. The van der Waals surface area contributed by atoms with Crippen LogP contribution < -0.4 is 10.1 Å². The fourth-order valence-electron chi connectivity index (χ4n) is 3.40. The molecule has 2 fully saturated rings. The number of benzene rings is 1. The summed E-state index contributed by atoms with van der Waals surface area (Å²) in [5.41, 5.74) is 0.955. The first-order chi connectivity index (χ1) is 11.7. The van der Waals surface area contributed by atoms with Crippen molar-refractivity contribution in [3.8, 4) is 5.75 Å². The number of hydrogen-bond donors (Lipinski definition) is 1. The van der Waals surface area contributed by atoms with E-state index in [0.717, 1.165) is 68.4 Å². The summed E-state index contributed by atoms with van der Waals surface area (Å²) in [4.78, 5) is 16.7. The highest BCUT2D eigenvalue weighted by atomic mass is 32.1. The maximum absolute atomic E-state index is 12.5. The van der Waals surface area contributed by atoms with Crippen molar-refractivity contribution in [2.45, 2.75) is 25.7 Å². The molecule has 2 aliphatic heterocycles. The second-order valence-corrected chi connectivity index (χ2v) is 6.84. The van der Waals surface area contributed by atoms with E-state index in [9.17, 15) is 4.79 Å². The van der Waals surface area contributed by atoms with E-state index in [4.69, 9.17) is 17.0 Å². The minimum absolute atomic E-state index is 0.170. The number of nitrogens with one attached hydrogen (secondary N) is 1. The second-order valence-electron chi connectivity index (χ2n) is 6.45. The minimum atomic E-state index is 0.170. The van der Waals surface area contributed by atoms with E-state index >= 15 is 0 Å². The van der Waals surface area contributed by atoms with Crippen LogP contribution in [0, 0.1) is 5.92 Å². The van der Waals surface area contributed by atoms with Crippen LogP contribution in [0.5, 0.6) is 5.75 Å². The molecule has 0 unspecified atom stereocenters. The van der Waals surface area contributed by atoms with E-state index in [1.165, 1.54) is 0 Å². The largest absolute Gasteiger partial charge is 0.497 e. The molecule has 1 N–H and O–H groups in total. The fourth-order valence-corrected chi connectivity index (χ4v) is 3.70. The van der Waals surface area contributed by atoms with Crippen molar-refractivity contribution in [3.63, 3.8) is 0 Å². The number of carbonyl (C=O) groups is 1. The third-order valence-corrected chi connectivity index (χ3v) is 5.25. The fraction of sp³-hybridized carbons (Fsp3) is 0.556. The first kappa shape index (κ1) is 17.0. The van der Waals surface area contributed by atoms with Crippen LogP contribution in [0.15, 0.2) is 24.3 Å². The highest BCUT2D eigenvalue weighted by molar-refractivity contribution is 7.80. The molecule has 0 radical (unpaired) electrons. The van der Waals surface area contributed by atoms with Crippen LogP contribution >= 0.6 is 12.2 Å². The van der Waals surface area contributed by atoms with E-state index in [0.29, 0.717) is 5.91 Å². The van der Waals surface area contributed by atoms with Gasteiger partial charge in [-0.3, -0.25) is 4.79 Å². The lowest BCUT2D eigenvalue weighted by molar-refractivity contribution is -0.135. The van der Waals surface area contributed by atoms with Crippen molar-refractivity contribution in [2.75, 3.05) is 38.6 Å². The van der Waals surface area contributed by atoms with Gasteiger partial charge in [0.15, 0.2) is 5.11 Å². The average molecular weight is 347 g/mol. The predicted molar refractivity (Wildman–Crippen MR) is 99.3 cm³/mol. The number of ether oxygens (including phenoxy) is 1. The Morgan fingerprint density at radius 3 is 2.29 bits per heavy atom. The Hall–Kier alpha value is -1.82. The van der Waals surface area contributed by atoms with E-state index in [1.807, 2.05) is 29.2 Å². The summed E-state index contributed by atoms with van der Waals surface area (Å²) >= 11 is 5.52. The second kappa shape index (κ2) is 7.83. The maximum Gasteiger partial charge on any atom is 0.225 e. The van der Waals surface area contributed by atoms with Crippen molar-refractivity contribution < 1.29 is 9.53 Å². The Morgan fingerprint density at radius 2 is 1.71 bits per heavy atom. The molecule has 1 amide bonds. The van der Waals surface area contributed by atoms with Crippen LogP contribution in [0.4, 0.5) is 5.69 Å². The number of likely N-dealkylation sites (tertiary alicyclic amines) is 2. The monoisotopic (exact) mass is 347 g/mol. The standard InChI is InChI=1S/C18H25N3O2S/c1-23-16-6-4-15(5-7-16)19-18(24)21-12-8-14(9-13-21)17(22)20-10-2-3-11-20/h4-7,14H,2-3,8-13H2,1H3,(H,19,24). The number of nitrogens with zero attached hydrogens (tertiary/aromatic N) is 2. The molecule has 6 heteroatoms. The Labute approximate surface area is 149 Å². The van der Waals surface area contributed by atoms with Gasteiger partial charge in [0.05, 0.1) is 7.11 Å². The van der Waals surface area contributed by atoms with Crippen molar-refractivity contribution in [3.05, 3.63) is 24.3 Å². The highest BCUT2D eigenvalue weighted by Gasteiger charge is 2.30. The molecule has 0 spiro atoms. The quantitative estimate of drug-likeness (QED) is 0.852. The topological polar surface area (TPSA) is 44.8 Å². The van der Waals surface area contributed by atoms with Gasteiger partial charge in [-0.25, -0.2) is 0 Å². The molecule has 2 aliphatic rings. The molecule has 0 atom stereocenters. The summed E-state index contributed by atoms with van der Waals surface area (Å²) in [5, 5.41) is 4.00. The zero-order valence-electron chi connectivity index (χ0n) is 14.2. The Kier molecular flexibility index (Phi) is 5.56. The van der Waals surface area contributed by atoms with Crippen molar-refractivity contribution in [1.29, 1.82) is 0 Å². The molecule has 1 aromatic rings. The molecule has 130 valence electrons. The molecule has 0 bridgehead atoms. The molecule has 0 aromatic heterocycles. The number of hydrogen-bond acceptors (Lipinski definition) is 3. The predicted octanol–water partition coefficient (Wildman–Crippen LogP) is 2.73. The van der Waals surface area contributed by atoms with Gasteiger partial charge in [-0.15, -0.1) is 0 Å². The van der Waals surface area contributed by atoms with Gasteiger partial charge in [-0.1, -0.05) is 0 Å². The lowest BCUT2D eigenvalue weighted by Gasteiger charge is -2.34. The zero-order chi connectivity index (χ0) is 16.9. The molecule has 3 rings (SSSR count). The molecule has 2 saturated heterocycles. The first-order valence-electron chi connectivity index (χ1n) is 8.66. The Morgan fingerprint density at radius 1 is 1.08 bits per heavy atom. The summed E-state index contributed by atoms with van der Waals surface area (Å²) in [5.74, 6) is 1.34. The van der Waals surface area contributed by atoms with E-state index in [2.05, 4.69) is 10.2 Å². The van der Waals surface area contributed by atoms with Gasteiger partial charge >= 0.3 is 0 Å². The molecule has 24 heavy (non-hydrogen) atoms. The van der Waals surface area contributed by atoms with Gasteiger partial charge in [0.25, 0.3) is 0 Å². The SMILES string of the molecule is COc1ccc(NC(=S)N2CCC(C(=O)N3CCCC3)CC2)cc1. The average Bonchev–Trinajstić information content (AvgIpc) is 3.16. The third kappa shape index (κ3) is 3.98. The summed E-state index contributed by atoms with van der Waals surface area (Å²) in [7, 11) is 1.65. The number of piperidine rings is 1. The molecule has 5 nitrogen and oxygen atoms in total. The number of anilines is 1. The first-order valence-corrected chi connectivity index (χ1v) is 9.07. The van der Waals surface area contributed by atoms with Gasteiger partial charge in [-0.2, -0.15) is 0 Å². The zero-order valence-corrected chi connectivity index (χ0v) is 15.0. The van der Waals surface area contributed by atoms with Crippen LogP contribution in [0.1, 0.15) is 25.7 Å². The highest BCUT2D eigenvalue weighted by Crippen LogP contribution is 2.23. The van der Waals surface area contributed by atoms with Crippen LogP contribution in [0.3, 0.4) is 0 Å². The molecule has 0 aliphatic carbocycles. The summed E-state index contributed by atoms with van der Waals surface area (Å²) < 4.78 is 5.16. The van der Waals surface area contributed by atoms with E-state index in [1.54, 1.807) is 7.11 Å². The van der Waals surface area contributed by atoms with Crippen LogP contribution in [0.2, 0.25) is 0 Å². The Balaban J connectivity index is 1.48. The van der Waals surface area contributed by atoms with Crippen molar-refractivity contribution >= 4 is 28.9 Å². The third-order valence-electron chi connectivity index (χ3n) is 4.89. The summed E-state index contributed by atoms with van der Waals surface area (Å²) in [6.07, 6.45) is 4.08. The van der Waals surface area contributed by atoms with Crippen LogP contribution in [0.25, 0.3) is 0 Å². The van der Waals surface area contributed by atoms with E-state index in [-0.39, 0.29) is 5.92 Å². The molecule has 0 saturated carbocycles. The Bertz CT molecular complexity index is 576. The summed E-state index contributed by atoms with van der Waals surface area (Å²) in [6, 6.07) is 7.72. The van der Waals surface area contributed by atoms with Gasteiger partial charge in [-0.05, 0) is 62.2 Å². The van der Waals surface area contributed by atoms with Gasteiger partial charge in [0.1, 0.15) is 5.75 Å². The smallest absolute Gasteiger partial charge is 0.225 e. The normalized spacial score (nSPS) is 18.5. The number of rotatable bonds is 3. The minimum Gasteiger partial charge on any atom is -0.497 e. The lowest BCUT2D eigenvalue weighted by atomic mass is 9.95. The lowest BCUT2D eigenvalue weighted by Crippen LogP contribution is -2.45. The number of carbonyl (C=O) groups excluding carboxylic acids is 1. The molecule has 1 aromatic carbocycles. The summed E-state index contributed by atoms with van der Waals surface area (Å²) in [6.45, 7) is 3.56. The molecule has 2 heterocycles. The van der Waals surface area contributed by atoms with Gasteiger partial charge in [0.2, 0.25) is 5.91 Å². The number of thiocarbonyl (C=S) groups is 1. The van der Waals surface area contributed by atoms with Crippen LogP contribution in [-0.2, 0) is 4.79 Å². The van der Waals surface area contributed by atoms with Gasteiger partial charge < -0.3 is 19.9 Å². The number of methoxy groups -OCH3 is 1. The van der Waals surface area contributed by atoms with Crippen LogP contribution in [-0.4, -0.2) is 54.1 Å². The molecular weight excluding hydrogens is 322 g/mol. The van der Waals surface area contributed by atoms with E-state index < -0.39 is 0 Å². The van der Waals surface area contributed by atoms with Crippen molar-refractivity contribution in [1.82, 2.24) is 9.80 Å².